The molecule has 0 aromatic heterocycles. The lowest BCUT2D eigenvalue weighted by Gasteiger charge is -2.33. The SMILES string of the molecule is COc1ccc2c(c1)CCCC2N(C)C(=O)NCc1ccc(C(=O)O)cc1. The first kappa shape index (κ1) is 18.8. The van der Waals surface area contributed by atoms with Gasteiger partial charge in [-0.25, -0.2) is 9.59 Å². The number of nitrogens with zero attached hydrogens (tertiary/aromatic N) is 1. The van der Waals surface area contributed by atoms with Crippen LogP contribution in [0.25, 0.3) is 0 Å². The topological polar surface area (TPSA) is 78.9 Å². The highest BCUT2D eigenvalue weighted by atomic mass is 16.5. The Labute approximate surface area is 158 Å². The summed E-state index contributed by atoms with van der Waals surface area (Å²) in [6.07, 6.45) is 2.95. The van der Waals surface area contributed by atoms with Crippen LogP contribution in [0.5, 0.6) is 5.75 Å². The molecule has 142 valence electrons. The highest BCUT2D eigenvalue weighted by Gasteiger charge is 2.27. The summed E-state index contributed by atoms with van der Waals surface area (Å²) in [5, 5.41) is 11.9. The van der Waals surface area contributed by atoms with Gasteiger partial charge in [-0.15, -0.1) is 0 Å². The minimum Gasteiger partial charge on any atom is -0.497 e. The van der Waals surface area contributed by atoms with E-state index in [1.807, 2.05) is 19.2 Å². The maximum atomic E-state index is 12.6. The van der Waals surface area contributed by atoms with E-state index in [9.17, 15) is 9.59 Å². The number of ether oxygens (including phenoxy) is 1. The highest BCUT2D eigenvalue weighted by Crippen LogP contribution is 2.35. The summed E-state index contributed by atoms with van der Waals surface area (Å²) < 4.78 is 5.30. The summed E-state index contributed by atoms with van der Waals surface area (Å²) in [5.74, 6) is -0.121. The van der Waals surface area contributed by atoms with E-state index in [2.05, 4.69) is 11.4 Å². The van der Waals surface area contributed by atoms with Crippen molar-refractivity contribution in [1.82, 2.24) is 10.2 Å². The van der Waals surface area contributed by atoms with E-state index in [4.69, 9.17) is 9.84 Å². The summed E-state index contributed by atoms with van der Waals surface area (Å²) in [5.41, 5.74) is 3.49. The smallest absolute Gasteiger partial charge is 0.335 e. The quantitative estimate of drug-likeness (QED) is 0.845. The second-order valence-electron chi connectivity index (χ2n) is 6.74. The molecule has 2 N–H and O–H groups in total. The molecule has 27 heavy (non-hydrogen) atoms. The van der Waals surface area contributed by atoms with Crippen LogP contribution in [-0.4, -0.2) is 36.2 Å². The van der Waals surface area contributed by atoms with Crippen LogP contribution >= 0.6 is 0 Å². The van der Waals surface area contributed by atoms with Gasteiger partial charge < -0.3 is 20.1 Å². The Morgan fingerprint density at radius 2 is 1.96 bits per heavy atom. The molecule has 3 rings (SSSR count). The standard InChI is InChI=1S/C21H24N2O4/c1-23(19-5-3-4-16-12-17(27-2)10-11-18(16)19)21(26)22-13-14-6-8-15(9-7-14)20(24)25/h6-12,19H,3-5,13H2,1-2H3,(H,22,26)(H,24,25). The van der Waals surface area contributed by atoms with E-state index in [1.54, 1.807) is 24.1 Å². The fourth-order valence-corrected chi connectivity index (χ4v) is 3.50. The molecule has 0 fully saturated rings. The molecule has 1 atom stereocenters. The van der Waals surface area contributed by atoms with Crippen LogP contribution < -0.4 is 10.1 Å². The number of benzene rings is 2. The first-order valence-electron chi connectivity index (χ1n) is 8.99. The van der Waals surface area contributed by atoms with E-state index in [-0.39, 0.29) is 17.6 Å². The third-order valence-electron chi connectivity index (χ3n) is 5.07. The molecule has 6 heteroatoms. The number of methoxy groups -OCH3 is 1. The Kier molecular flexibility index (Phi) is 5.64. The Morgan fingerprint density at radius 3 is 2.63 bits per heavy atom. The van der Waals surface area contributed by atoms with Crippen molar-refractivity contribution in [2.45, 2.75) is 31.8 Å². The molecule has 1 unspecified atom stereocenters. The maximum Gasteiger partial charge on any atom is 0.335 e. The minimum absolute atomic E-state index is 0.0362. The predicted octanol–water partition coefficient (Wildman–Crippen LogP) is 3.61. The number of aryl methyl sites for hydroxylation is 1. The molecule has 1 aliphatic rings. The van der Waals surface area contributed by atoms with Gasteiger partial charge in [0.25, 0.3) is 0 Å². The van der Waals surface area contributed by atoms with Gasteiger partial charge in [0.15, 0.2) is 0 Å². The number of carboxylic acids is 1. The predicted molar refractivity (Wildman–Crippen MR) is 102 cm³/mol. The summed E-state index contributed by atoms with van der Waals surface area (Å²) in [6.45, 7) is 0.352. The molecule has 6 nitrogen and oxygen atoms in total. The van der Waals surface area contributed by atoms with Crippen LogP contribution in [0.15, 0.2) is 42.5 Å². The van der Waals surface area contributed by atoms with Crippen molar-refractivity contribution < 1.29 is 19.4 Å². The third kappa shape index (κ3) is 4.22. The zero-order chi connectivity index (χ0) is 19.4. The summed E-state index contributed by atoms with van der Waals surface area (Å²) >= 11 is 0. The van der Waals surface area contributed by atoms with Crippen molar-refractivity contribution >= 4 is 12.0 Å². The normalized spacial score (nSPS) is 15.6. The van der Waals surface area contributed by atoms with Crippen LogP contribution in [0.4, 0.5) is 4.79 Å². The lowest BCUT2D eigenvalue weighted by molar-refractivity contribution is 0.0697. The molecule has 2 aromatic carbocycles. The first-order chi connectivity index (χ1) is 13.0. The van der Waals surface area contributed by atoms with Crippen molar-refractivity contribution in [1.29, 1.82) is 0 Å². The molecular weight excluding hydrogens is 344 g/mol. The number of fused-ring (bicyclic) bond motifs is 1. The second kappa shape index (κ2) is 8.12. The molecule has 0 aliphatic heterocycles. The van der Waals surface area contributed by atoms with Crippen LogP contribution in [0.3, 0.4) is 0 Å². The lowest BCUT2D eigenvalue weighted by Crippen LogP contribution is -2.40. The van der Waals surface area contributed by atoms with Gasteiger partial charge in [-0.2, -0.15) is 0 Å². The van der Waals surface area contributed by atoms with E-state index in [1.165, 1.54) is 23.3 Å². The number of carbonyl (C=O) groups excluding carboxylic acids is 1. The van der Waals surface area contributed by atoms with Gasteiger partial charge in [0.05, 0.1) is 18.7 Å². The molecule has 0 spiro atoms. The molecule has 2 amide bonds. The number of urea groups is 1. The molecule has 0 saturated carbocycles. The second-order valence-corrected chi connectivity index (χ2v) is 6.74. The van der Waals surface area contributed by atoms with Crippen LogP contribution in [0.2, 0.25) is 0 Å². The van der Waals surface area contributed by atoms with Gasteiger partial charge in [-0.3, -0.25) is 0 Å². The van der Waals surface area contributed by atoms with Gasteiger partial charge in [0.1, 0.15) is 5.75 Å². The fourth-order valence-electron chi connectivity index (χ4n) is 3.50. The van der Waals surface area contributed by atoms with Crippen molar-refractivity contribution in [3.8, 4) is 5.75 Å². The Bertz CT molecular complexity index is 833. The summed E-state index contributed by atoms with van der Waals surface area (Å²) in [4.78, 5) is 25.3. The van der Waals surface area contributed by atoms with Crippen LogP contribution in [-0.2, 0) is 13.0 Å². The number of amides is 2. The summed E-state index contributed by atoms with van der Waals surface area (Å²) in [7, 11) is 3.47. The monoisotopic (exact) mass is 368 g/mol. The third-order valence-corrected chi connectivity index (χ3v) is 5.07. The highest BCUT2D eigenvalue weighted by molar-refractivity contribution is 5.87. The molecule has 0 heterocycles. The Morgan fingerprint density at radius 1 is 1.22 bits per heavy atom. The number of aromatic carboxylic acids is 1. The molecule has 0 radical (unpaired) electrons. The maximum absolute atomic E-state index is 12.6. The minimum atomic E-state index is -0.960. The number of carboxylic acid groups (broad SMARTS) is 1. The number of carbonyl (C=O) groups is 2. The van der Waals surface area contributed by atoms with E-state index in [0.29, 0.717) is 6.54 Å². The lowest BCUT2D eigenvalue weighted by atomic mass is 9.87. The van der Waals surface area contributed by atoms with Crippen molar-refractivity contribution in [3.05, 3.63) is 64.7 Å². The van der Waals surface area contributed by atoms with Gasteiger partial charge in [-0.1, -0.05) is 18.2 Å². The van der Waals surface area contributed by atoms with Gasteiger partial charge in [0.2, 0.25) is 0 Å². The number of hydrogen-bond donors (Lipinski definition) is 2. The average molecular weight is 368 g/mol. The number of nitrogens with one attached hydrogen (secondary N) is 1. The zero-order valence-corrected chi connectivity index (χ0v) is 15.6. The molecule has 0 bridgehead atoms. The molecule has 2 aromatic rings. The number of rotatable bonds is 5. The fraction of sp³-hybridized carbons (Fsp3) is 0.333. The van der Waals surface area contributed by atoms with Crippen molar-refractivity contribution in [2.75, 3.05) is 14.2 Å². The Hall–Kier alpha value is -3.02. The van der Waals surface area contributed by atoms with Crippen molar-refractivity contribution in [2.24, 2.45) is 0 Å². The zero-order valence-electron chi connectivity index (χ0n) is 15.6. The van der Waals surface area contributed by atoms with E-state index >= 15 is 0 Å². The van der Waals surface area contributed by atoms with Crippen LogP contribution in [0.1, 0.15) is 45.9 Å². The van der Waals surface area contributed by atoms with E-state index in [0.717, 1.165) is 30.6 Å². The van der Waals surface area contributed by atoms with Crippen LogP contribution in [0, 0.1) is 0 Å². The van der Waals surface area contributed by atoms with Crippen molar-refractivity contribution in [3.63, 3.8) is 0 Å². The van der Waals surface area contributed by atoms with E-state index < -0.39 is 5.97 Å². The van der Waals surface area contributed by atoms with Gasteiger partial charge in [0, 0.05) is 13.6 Å². The van der Waals surface area contributed by atoms with Gasteiger partial charge in [-0.05, 0) is 60.2 Å². The average Bonchev–Trinajstić information content (AvgIpc) is 2.70. The Balaban J connectivity index is 1.65. The number of hydrogen-bond acceptors (Lipinski definition) is 3. The van der Waals surface area contributed by atoms with Gasteiger partial charge >= 0.3 is 12.0 Å². The first-order valence-corrected chi connectivity index (χ1v) is 8.99. The summed E-state index contributed by atoms with van der Waals surface area (Å²) in [6, 6.07) is 12.4. The molecule has 0 saturated heterocycles. The largest absolute Gasteiger partial charge is 0.497 e. The molecular formula is C21H24N2O4. The molecule has 1 aliphatic carbocycles.